The van der Waals surface area contributed by atoms with Crippen molar-refractivity contribution in [2.24, 2.45) is 0 Å². The second-order valence-electron chi connectivity index (χ2n) is 3.87. The van der Waals surface area contributed by atoms with Crippen LogP contribution in [0.1, 0.15) is 44.9 Å². The molecule has 0 saturated heterocycles. The predicted molar refractivity (Wildman–Crippen MR) is 65.5 cm³/mol. The Kier molecular flexibility index (Phi) is 9.27. The quantitative estimate of drug-likeness (QED) is 0.340. The van der Waals surface area contributed by atoms with E-state index < -0.39 is 7.82 Å². The smallest absolute Gasteiger partial charge is 0.303 e. The van der Waals surface area contributed by atoms with Gasteiger partial charge >= 0.3 is 7.82 Å². The molecule has 0 aliphatic heterocycles. The van der Waals surface area contributed by atoms with Gasteiger partial charge in [0.2, 0.25) is 0 Å². The van der Waals surface area contributed by atoms with Crippen molar-refractivity contribution in [2.75, 3.05) is 6.61 Å². The molecule has 0 unspecified atom stereocenters. The van der Waals surface area contributed by atoms with Gasteiger partial charge in [0.25, 0.3) is 0 Å². The molecule has 0 fully saturated rings. The van der Waals surface area contributed by atoms with E-state index in [9.17, 15) is 9.36 Å². The van der Waals surface area contributed by atoms with E-state index in [0.29, 0.717) is 12.8 Å². The molecule has 0 aromatic heterocycles. The number of phosphoric acid groups is 1. The molecule has 0 saturated carbocycles. The normalized spacial score (nSPS) is 11.4. The van der Waals surface area contributed by atoms with E-state index >= 15 is 0 Å². The highest BCUT2D eigenvalue weighted by Crippen LogP contribution is 2.35. The maximum atomic E-state index is 10.9. The van der Waals surface area contributed by atoms with Crippen molar-refractivity contribution >= 4 is 13.6 Å². The minimum absolute atomic E-state index is 0.0834. The molecular formula is C11H21O5P. The van der Waals surface area contributed by atoms with Gasteiger partial charge in [0.05, 0.1) is 6.61 Å². The molecule has 0 aromatic rings. The van der Waals surface area contributed by atoms with Crippen LogP contribution in [-0.4, -0.2) is 22.2 Å². The topological polar surface area (TPSA) is 83.8 Å². The summed E-state index contributed by atoms with van der Waals surface area (Å²) in [6.45, 7) is 3.50. The van der Waals surface area contributed by atoms with Crippen molar-refractivity contribution in [3.8, 4) is 0 Å². The zero-order valence-electron chi connectivity index (χ0n) is 10.0. The van der Waals surface area contributed by atoms with Gasteiger partial charge < -0.3 is 9.79 Å². The molecule has 0 rings (SSSR count). The zero-order chi connectivity index (χ0) is 13.1. The fourth-order valence-corrected chi connectivity index (χ4v) is 1.76. The standard InChI is InChI=1S/C11H21O5P/c1-2-11(12)9-7-5-3-4-6-8-10-16-17(13,14)15/h2H,1,3-10H2,(H2,13,14,15). The van der Waals surface area contributed by atoms with Crippen molar-refractivity contribution in [2.45, 2.75) is 44.9 Å². The van der Waals surface area contributed by atoms with Crippen LogP contribution in [-0.2, 0) is 13.9 Å². The van der Waals surface area contributed by atoms with Gasteiger partial charge in [0.15, 0.2) is 5.78 Å². The van der Waals surface area contributed by atoms with E-state index in [1.807, 2.05) is 0 Å². The first-order chi connectivity index (χ1) is 7.95. The molecule has 0 spiro atoms. The maximum absolute atomic E-state index is 10.9. The van der Waals surface area contributed by atoms with E-state index in [-0.39, 0.29) is 12.4 Å². The monoisotopic (exact) mass is 264 g/mol. The van der Waals surface area contributed by atoms with Crippen LogP contribution >= 0.6 is 7.82 Å². The number of carbonyl (C=O) groups is 1. The number of carbonyl (C=O) groups excluding carboxylic acids is 1. The third-order valence-corrected chi connectivity index (χ3v) is 2.82. The Labute approximate surface area is 102 Å². The maximum Gasteiger partial charge on any atom is 0.469 e. The number of hydrogen-bond donors (Lipinski definition) is 2. The SMILES string of the molecule is C=CC(=O)CCCCCCCCOP(=O)(O)O. The van der Waals surface area contributed by atoms with E-state index in [4.69, 9.17) is 9.79 Å². The first-order valence-corrected chi connectivity index (χ1v) is 7.34. The van der Waals surface area contributed by atoms with Crippen molar-refractivity contribution in [1.82, 2.24) is 0 Å². The third-order valence-electron chi connectivity index (χ3n) is 2.30. The first kappa shape index (κ1) is 16.5. The van der Waals surface area contributed by atoms with Gasteiger partial charge in [-0.2, -0.15) is 0 Å². The van der Waals surface area contributed by atoms with E-state index in [0.717, 1.165) is 32.1 Å². The van der Waals surface area contributed by atoms with Crippen molar-refractivity contribution < 1.29 is 23.7 Å². The van der Waals surface area contributed by atoms with Crippen LogP contribution in [0.25, 0.3) is 0 Å². The lowest BCUT2D eigenvalue weighted by atomic mass is 10.1. The molecule has 6 heteroatoms. The highest BCUT2D eigenvalue weighted by molar-refractivity contribution is 7.46. The molecule has 0 bridgehead atoms. The van der Waals surface area contributed by atoms with Crippen LogP contribution in [0.15, 0.2) is 12.7 Å². The number of phosphoric ester groups is 1. The fraction of sp³-hybridized carbons (Fsp3) is 0.727. The Balaban J connectivity index is 3.17. The molecule has 0 radical (unpaired) electrons. The number of allylic oxidation sites excluding steroid dienone is 1. The first-order valence-electron chi connectivity index (χ1n) is 5.81. The van der Waals surface area contributed by atoms with Crippen molar-refractivity contribution in [3.63, 3.8) is 0 Å². The average molecular weight is 264 g/mol. The summed E-state index contributed by atoms with van der Waals surface area (Å²) in [5, 5.41) is 0. The molecule has 100 valence electrons. The summed E-state index contributed by atoms with van der Waals surface area (Å²) in [6, 6.07) is 0. The van der Waals surface area contributed by atoms with Gasteiger partial charge in [-0.1, -0.05) is 32.3 Å². The summed E-state index contributed by atoms with van der Waals surface area (Å²) in [6.07, 6.45) is 7.34. The number of unbranched alkanes of at least 4 members (excludes halogenated alkanes) is 5. The predicted octanol–water partition coefficient (Wildman–Crippen LogP) is 2.58. The van der Waals surface area contributed by atoms with Crippen LogP contribution in [0.2, 0.25) is 0 Å². The van der Waals surface area contributed by atoms with E-state index in [2.05, 4.69) is 11.1 Å². The van der Waals surface area contributed by atoms with Crippen LogP contribution in [0.3, 0.4) is 0 Å². The van der Waals surface area contributed by atoms with Gasteiger partial charge in [-0.15, -0.1) is 0 Å². The minimum atomic E-state index is -4.29. The highest BCUT2D eigenvalue weighted by atomic mass is 31.2. The lowest BCUT2D eigenvalue weighted by molar-refractivity contribution is -0.114. The molecule has 0 aliphatic rings. The second-order valence-corrected chi connectivity index (χ2v) is 5.10. The molecular weight excluding hydrogens is 243 g/mol. The molecule has 0 heterocycles. The third kappa shape index (κ3) is 13.5. The van der Waals surface area contributed by atoms with Crippen LogP contribution in [0.5, 0.6) is 0 Å². The van der Waals surface area contributed by atoms with Crippen molar-refractivity contribution in [3.05, 3.63) is 12.7 Å². The number of hydrogen-bond acceptors (Lipinski definition) is 3. The Morgan fingerprint density at radius 3 is 2.18 bits per heavy atom. The van der Waals surface area contributed by atoms with Gasteiger partial charge in [-0.25, -0.2) is 4.57 Å². The molecule has 0 amide bonds. The lowest BCUT2D eigenvalue weighted by Crippen LogP contribution is -1.93. The average Bonchev–Trinajstić information content (AvgIpc) is 2.25. The van der Waals surface area contributed by atoms with E-state index in [1.165, 1.54) is 6.08 Å². The summed E-state index contributed by atoms with van der Waals surface area (Å²) < 4.78 is 14.6. The zero-order valence-corrected chi connectivity index (χ0v) is 10.9. The Bertz CT molecular complexity index is 271. The lowest BCUT2D eigenvalue weighted by Gasteiger charge is -2.04. The largest absolute Gasteiger partial charge is 0.469 e. The van der Waals surface area contributed by atoms with Gasteiger partial charge in [0.1, 0.15) is 0 Å². The van der Waals surface area contributed by atoms with Crippen molar-refractivity contribution in [1.29, 1.82) is 0 Å². The summed E-state index contributed by atoms with van der Waals surface area (Å²) in [5.41, 5.74) is 0. The Morgan fingerprint density at radius 2 is 1.65 bits per heavy atom. The molecule has 2 N–H and O–H groups in total. The summed E-state index contributed by atoms with van der Waals surface area (Å²) in [5.74, 6) is 0.0834. The Hall–Kier alpha value is -0.480. The van der Waals surface area contributed by atoms with Gasteiger partial charge in [0, 0.05) is 6.42 Å². The molecule has 0 aromatic carbocycles. The molecule has 0 aliphatic carbocycles. The summed E-state index contributed by atoms with van der Waals surface area (Å²) in [4.78, 5) is 27.7. The van der Waals surface area contributed by atoms with Gasteiger partial charge in [-0.05, 0) is 18.9 Å². The molecule has 0 atom stereocenters. The van der Waals surface area contributed by atoms with Crippen LogP contribution < -0.4 is 0 Å². The number of ketones is 1. The summed E-state index contributed by atoms with van der Waals surface area (Å²) >= 11 is 0. The van der Waals surface area contributed by atoms with Crippen LogP contribution in [0.4, 0.5) is 0 Å². The number of rotatable bonds is 11. The highest BCUT2D eigenvalue weighted by Gasteiger charge is 2.12. The fourth-order valence-electron chi connectivity index (χ4n) is 1.39. The van der Waals surface area contributed by atoms with Crippen LogP contribution in [0, 0.1) is 0 Å². The molecule has 17 heavy (non-hydrogen) atoms. The molecule has 5 nitrogen and oxygen atoms in total. The van der Waals surface area contributed by atoms with E-state index in [1.54, 1.807) is 0 Å². The second kappa shape index (κ2) is 9.54. The summed E-state index contributed by atoms with van der Waals surface area (Å²) in [7, 11) is -4.29. The Morgan fingerprint density at radius 1 is 1.12 bits per heavy atom. The van der Waals surface area contributed by atoms with Gasteiger partial charge in [-0.3, -0.25) is 9.32 Å². The minimum Gasteiger partial charge on any atom is -0.303 e.